The van der Waals surface area contributed by atoms with Gasteiger partial charge in [-0.2, -0.15) is 17.5 Å². The monoisotopic (exact) mass is 401 g/mol. The molecule has 0 atom stereocenters. The Labute approximate surface area is 134 Å². The molecule has 0 unspecified atom stereocenters. The smallest absolute Gasteiger partial charge is 0.397 e. The molecule has 22 heavy (non-hydrogen) atoms. The number of benzene rings is 1. The van der Waals surface area contributed by atoms with Crippen LogP contribution in [0.15, 0.2) is 22.7 Å². The maximum absolute atomic E-state index is 12.5. The summed E-state index contributed by atoms with van der Waals surface area (Å²) in [5.74, 6) is 0. The Morgan fingerprint density at radius 2 is 1.86 bits per heavy atom. The third-order valence-corrected chi connectivity index (χ3v) is 5.58. The molecule has 1 fully saturated rings. The van der Waals surface area contributed by atoms with E-state index in [1.807, 2.05) is 0 Å². The number of alkyl halides is 3. The average Bonchev–Trinajstić information content (AvgIpc) is 2.42. The van der Waals surface area contributed by atoms with Crippen molar-refractivity contribution in [2.75, 3.05) is 24.1 Å². The van der Waals surface area contributed by atoms with Crippen LogP contribution in [0.3, 0.4) is 0 Å². The minimum atomic E-state index is -5.25. The summed E-state index contributed by atoms with van der Waals surface area (Å²) in [6.07, 6.45) is 0.558. The molecule has 2 rings (SSSR count). The van der Waals surface area contributed by atoms with Crippen molar-refractivity contribution in [3.05, 3.63) is 22.7 Å². The summed E-state index contributed by atoms with van der Waals surface area (Å²) in [7, 11) is -5.24. The first-order valence-corrected chi connectivity index (χ1v) is 8.72. The van der Waals surface area contributed by atoms with Gasteiger partial charge in [-0.05, 0) is 31.0 Å². The number of nitrogens with two attached hydrogens (primary N) is 1. The van der Waals surface area contributed by atoms with Gasteiger partial charge in [0, 0.05) is 23.6 Å². The fraction of sp³-hybridized carbons (Fsp3) is 0.500. The second-order valence-electron chi connectivity index (χ2n) is 5.00. The molecule has 0 aromatic heterocycles. The SMILES string of the molecule is Nc1ccc(Br)cc1NC1CCN(S(=O)(=O)C(F)(F)F)CC1. The molecule has 1 aromatic rings. The Hall–Kier alpha value is -1.00. The summed E-state index contributed by atoms with van der Waals surface area (Å²) in [6.45, 7) is -0.346. The lowest BCUT2D eigenvalue weighted by Crippen LogP contribution is -2.47. The van der Waals surface area contributed by atoms with Gasteiger partial charge < -0.3 is 11.1 Å². The highest BCUT2D eigenvalue weighted by atomic mass is 79.9. The number of halogens is 4. The van der Waals surface area contributed by atoms with Crippen LogP contribution in [-0.2, 0) is 10.0 Å². The van der Waals surface area contributed by atoms with E-state index < -0.39 is 15.5 Å². The molecule has 3 N–H and O–H groups in total. The van der Waals surface area contributed by atoms with Crippen LogP contribution in [0, 0.1) is 0 Å². The summed E-state index contributed by atoms with van der Waals surface area (Å²) in [6, 6.07) is 5.12. The quantitative estimate of drug-likeness (QED) is 0.763. The lowest BCUT2D eigenvalue weighted by molar-refractivity contribution is -0.0494. The van der Waals surface area contributed by atoms with Crippen LogP contribution in [0.5, 0.6) is 0 Å². The molecule has 1 heterocycles. The number of hydrogen-bond acceptors (Lipinski definition) is 4. The van der Waals surface area contributed by atoms with Crippen molar-refractivity contribution in [2.24, 2.45) is 0 Å². The third kappa shape index (κ3) is 3.66. The highest BCUT2D eigenvalue weighted by molar-refractivity contribution is 9.10. The van der Waals surface area contributed by atoms with Gasteiger partial charge in [0.05, 0.1) is 11.4 Å². The van der Waals surface area contributed by atoms with Crippen molar-refractivity contribution in [3.8, 4) is 0 Å². The van der Waals surface area contributed by atoms with Crippen LogP contribution in [0.25, 0.3) is 0 Å². The fourth-order valence-electron chi connectivity index (χ4n) is 2.26. The lowest BCUT2D eigenvalue weighted by Gasteiger charge is -2.32. The summed E-state index contributed by atoms with van der Waals surface area (Å²) in [5.41, 5.74) is 1.77. The molecule has 1 aromatic carbocycles. The maximum Gasteiger partial charge on any atom is 0.511 e. The second-order valence-corrected chi connectivity index (χ2v) is 7.85. The standard InChI is InChI=1S/C12H15BrF3N3O2S/c13-8-1-2-10(17)11(7-8)18-9-3-5-19(6-4-9)22(20,21)12(14,15)16/h1-2,7,9,18H,3-6,17H2. The summed E-state index contributed by atoms with van der Waals surface area (Å²) < 4.78 is 61.4. The molecule has 0 bridgehead atoms. The number of hydrogen-bond donors (Lipinski definition) is 2. The van der Waals surface area contributed by atoms with E-state index in [-0.39, 0.29) is 32.0 Å². The van der Waals surface area contributed by atoms with Crippen LogP contribution >= 0.6 is 15.9 Å². The minimum absolute atomic E-state index is 0.128. The predicted molar refractivity (Wildman–Crippen MR) is 81.7 cm³/mol. The van der Waals surface area contributed by atoms with Crippen molar-refractivity contribution in [2.45, 2.75) is 24.4 Å². The minimum Gasteiger partial charge on any atom is -0.397 e. The van der Waals surface area contributed by atoms with Crippen molar-refractivity contribution < 1.29 is 21.6 Å². The first-order chi connectivity index (χ1) is 10.1. The summed E-state index contributed by atoms with van der Waals surface area (Å²) >= 11 is 3.31. The first-order valence-electron chi connectivity index (χ1n) is 6.49. The molecule has 0 radical (unpaired) electrons. The topological polar surface area (TPSA) is 75.4 Å². The molecular weight excluding hydrogens is 387 g/mol. The van der Waals surface area contributed by atoms with Crippen molar-refractivity contribution >= 4 is 37.3 Å². The van der Waals surface area contributed by atoms with E-state index in [4.69, 9.17) is 5.73 Å². The van der Waals surface area contributed by atoms with Crippen LogP contribution < -0.4 is 11.1 Å². The summed E-state index contributed by atoms with van der Waals surface area (Å²) in [5, 5.41) is 3.14. The molecule has 1 saturated heterocycles. The molecule has 1 aliphatic rings. The zero-order valence-corrected chi connectivity index (χ0v) is 13.8. The third-order valence-electron chi connectivity index (χ3n) is 3.46. The van der Waals surface area contributed by atoms with Gasteiger partial charge in [0.2, 0.25) is 0 Å². The van der Waals surface area contributed by atoms with Crippen molar-refractivity contribution in [3.63, 3.8) is 0 Å². The van der Waals surface area contributed by atoms with E-state index in [0.717, 1.165) is 4.47 Å². The highest BCUT2D eigenvalue weighted by Gasteiger charge is 2.50. The molecule has 0 spiro atoms. The van der Waals surface area contributed by atoms with Gasteiger partial charge in [-0.15, -0.1) is 0 Å². The van der Waals surface area contributed by atoms with Crippen molar-refractivity contribution in [1.29, 1.82) is 0 Å². The van der Waals surface area contributed by atoms with Crippen LogP contribution in [0.4, 0.5) is 24.5 Å². The molecule has 0 aliphatic carbocycles. The molecule has 124 valence electrons. The second kappa shape index (κ2) is 6.25. The van der Waals surface area contributed by atoms with Gasteiger partial charge in [0.1, 0.15) is 0 Å². The zero-order chi connectivity index (χ0) is 16.5. The van der Waals surface area contributed by atoms with Crippen LogP contribution in [-0.4, -0.2) is 37.4 Å². The Bertz CT molecular complexity index is 644. The highest BCUT2D eigenvalue weighted by Crippen LogP contribution is 2.30. The van der Waals surface area contributed by atoms with E-state index in [1.54, 1.807) is 18.2 Å². The zero-order valence-electron chi connectivity index (χ0n) is 11.4. The Morgan fingerprint density at radius 1 is 1.27 bits per heavy atom. The molecular formula is C12H15BrF3N3O2S. The van der Waals surface area contributed by atoms with E-state index in [9.17, 15) is 21.6 Å². The number of nitrogens with one attached hydrogen (secondary N) is 1. The largest absolute Gasteiger partial charge is 0.511 e. The van der Waals surface area contributed by atoms with Gasteiger partial charge >= 0.3 is 15.5 Å². The van der Waals surface area contributed by atoms with E-state index >= 15 is 0 Å². The number of nitrogen functional groups attached to an aromatic ring is 1. The van der Waals surface area contributed by atoms with Gasteiger partial charge in [-0.1, -0.05) is 15.9 Å². The Morgan fingerprint density at radius 3 is 2.41 bits per heavy atom. The van der Waals surface area contributed by atoms with E-state index in [0.29, 0.717) is 15.7 Å². The van der Waals surface area contributed by atoms with Crippen LogP contribution in [0.2, 0.25) is 0 Å². The Kier molecular flexibility index (Phi) is 4.93. The molecule has 1 aliphatic heterocycles. The number of nitrogens with zero attached hydrogens (tertiary/aromatic N) is 1. The molecule has 5 nitrogen and oxygen atoms in total. The first kappa shape index (κ1) is 17.4. The normalized spacial score (nSPS) is 18.4. The number of piperidine rings is 1. The fourth-order valence-corrected chi connectivity index (χ4v) is 3.61. The summed E-state index contributed by atoms with van der Waals surface area (Å²) in [4.78, 5) is 0. The van der Waals surface area contributed by atoms with Crippen LogP contribution in [0.1, 0.15) is 12.8 Å². The predicted octanol–water partition coefficient (Wildman–Crippen LogP) is 2.76. The van der Waals surface area contributed by atoms with E-state index in [2.05, 4.69) is 21.2 Å². The Balaban J connectivity index is 2.00. The van der Waals surface area contributed by atoms with E-state index in [1.165, 1.54) is 0 Å². The molecule has 10 heteroatoms. The maximum atomic E-state index is 12.5. The average molecular weight is 402 g/mol. The number of sulfonamides is 1. The number of anilines is 2. The van der Waals surface area contributed by atoms with Crippen molar-refractivity contribution in [1.82, 2.24) is 4.31 Å². The molecule has 0 amide bonds. The van der Waals surface area contributed by atoms with Gasteiger partial charge in [0.15, 0.2) is 0 Å². The molecule has 0 saturated carbocycles. The number of rotatable bonds is 3. The van der Waals surface area contributed by atoms with Gasteiger partial charge in [-0.3, -0.25) is 0 Å². The lowest BCUT2D eigenvalue weighted by atomic mass is 10.1. The van der Waals surface area contributed by atoms with Gasteiger partial charge in [0.25, 0.3) is 0 Å². The van der Waals surface area contributed by atoms with Gasteiger partial charge in [-0.25, -0.2) is 8.42 Å².